The summed E-state index contributed by atoms with van der Waals surface area (Å²) in [5.74, 6) is 0. The second-order valence-electron chi connectivity index (χ2n) is 9.04. The molecule has 0 unspecified atom stereocenters. The first-order valence-corrected chi connectivity index (χ1v) is 13.5. The molecule has 0 amide bonds. The van der Waals surface area contributed by atoms with Crippen molar-refractivity contribution in [3.63, 3.8) is 0 Å². The maximum absolute atomic E-state index is 2.45. The molecule has 0 heterocycles. The molecule has 0 aromatic heterocycles. The fraction of sp³-hybridized carbons (Fsp3) is 0.357. The second kappa shape index (κ2) is 9.80. The van der Waals surface area contributed by atoms with E-state index in [2.05, 4.69) is 96.1 Å². The van der Waals surface area contributed by atoms with Crippen LogP contribution in [0.4, 0.5) is 0 Å². The third-order valence-corrected chi connectivity index (χ3v) is 8.20. The first kappa shape index (κ1) is 21.9. The zero-order chi connectivity index (χ0) is 21.0. The maximum atomic E-state index is 2.45. The predicted octanol–water partition coefficient (Wildman–Crippen LogP) is 7.13. The van der Waals surface area contributed by atoms with Gasteiger partial charge in [0.1, 0.15) is 0 Å². The summed E-state index contributed by atoms with van der Waals surface area (Å²) in [6, 6.07) is 21.2. The molecule has 0 saturated carbocycles. The Morgan fingerprint density at radius 2 is 0.862 bits per heavy atom. The first-order chi connectivity index (χ1) is 13.8. The summed E-state index contributed by atoms with van der Waals surface area (Å²) in [5.41, 5.74) is 12.7. The molecule has 1 heteroatoms. The molecular weight excluding hydrogens is 409 g/mol. The quantitative estimate of drug-likeness (QED) is 0.341. The summed E-state index contributed by atoms with van der Waals surface area (Å²) in [4.78, 5) is 0. The molecule has 0 atom stereocenters. The van der Waals surface area contributed by atoms with E-state index >= 15 is 0 Å². The molecule has 2 radical (unpaired) electrons. The molecule has 29 heavy (non-hydrogen) atoms. The minimum atomic E-state index is 0.119. The molecule has 0 saturated heterocycles. The zero-order valence-corrected chi connectivity index (χ0v) is 21.0. The Balaban J connectivity index is 1.81. The molecule has 0 N–H and O–H groups in total. The molecule has 3 aromatic rings. The fourth-order valence-electron chi connectivity index (χ4n) is 4.27. The molecule has 0 spiro atoms. The molecule has 0 aliphatic rings. The van der Waals surface area contributed by atoms with Gasteiger partial charge in [0.2, 0.25) is 0 Å². The van der Waals surface area contributed by atoms with Crippen LogP contribution in [0, 0.1) is 27.7 Å². The van der Waals surface area contributed by atoms with Gasteiger partial charge in [-0.2, -0.15) is 0 Å². The van der Waals surface area contributed by atoms with Crippen molar-refractivity contribution in [2.45, 2.75) is 64.4 Å². The van der Waals surface area contributed by atoms with Crippen molar-refractivity contribution in [3.8, 4) is 0 Å². The Morgan fingerprint density at radius 3 is 1.31 bits per heavy atom. The first-order valence-electron chi connectivity index (χ1n) is 10.8. The number of hydrogen-bond donors (Lipinski definition) is 0. The molecule has 3 aromatic carbocycles. The van der Waals surface area contributed by atoms with Gasteiger partial charge in [-0.15, -0.1) is 0 Å². The Kier molecular flexibility index (Phi) is 7.40. The van der Waals surface area contributed by atoms with Gasteiger partial charge in [-0.3, -0.25) is 0 Å². The summed E-state index contributed by atoms with van der Waals surface area (Å²) in [5, 5.41) is 1.30. The van der Waals surface area contributed by atoms with E-state index in [1.165, 1.54) is 55.3 Å². The Bertz CT molecular complexity index is 961. The van der Waals surface area contributed by atoms with Crippen LogP contribution < -0.4 is 0 Å². The van der Waals surface area contributed by atoms with Crippen molar-refractivity contribution in [1.29, 1.82) is 0 Å². The van der Waals surface area contributed by atoms with Gasteiger partial charge in [0, 0.05) is 0 Å². The van der Waals surface area contributed by atoms with Crippen LogP contribution in [0.2, 0.25) is 4.75 Å². The molecular formula is C28H34Ge. The van der Waals surface area contributed by atoms with Gasteiger partial charge < -0.3 is 0 Å². The van der Waals surface area contributed by atoms with Crippen molar-refractivity contribution in [3.05, 3.63) is 105 Å². The minimum absolute atomic E-state index is 0.119. The van der Waals surface area contributed by atoms with E-state index in [1.54, 1.807) is 0 Å². The summed E-state index contributed by atoms with van der Waals surface area (Å²) >= 11 is 0.119. The summed E-state index contributed by atoms with van der Waals surface area (Å²) in [7, 11) is 0. The molecule has 0 fully saturated rings. The van der Waals surface area contributed by atoms with Crippen LogP contribution in [-0.2, 0) is 18.1 Å². The average Bonchev–Trinajstić information content (AvgIpc) is 2.58. The predicted molar refractivity (Wildman–Crippen MR) is 128 cm³/mol. The van der Waals surface area contributed by atoms with E-state index in [0.29, 0.717) is 0 Å². The topological polar surface area (TPSA) is 0 Å². The zero-order valence-electron chi connectivity index (χ0n) is 18.9. The summed E-state index contributed by atoms with van der Waals surface area (Å²) < 4.78 is 0.878. The number of benzene rings is 3. The average molecular weight is 443 g/mol. The van der Waals surface area contributed by atoms with Crippen LogP contribution in [0.1, 0.15) is 63.9 Å². The van der Waals surface area contributed by atoms with Gasteiger partial charge in [0.15, 0.2) is 0 Å². The molecule has 0 bridgehead atoms. The van der Waals surface area contributed by atoms with Gasteiger partial charge in [0.25, 0.3) is 0 Å². The van der Waals surface area contributed by atoms with Crippen molar-refractivity contribution in [1.82, 2.24) is 0 Å². The van der Waals surface area contributed by atoms with Crippen LogP contribution in [-0.4, -0.2) is 15.4 Å². The molecule has 3 rings (SSSR count). The van der Waals surface area contributed by atoms with Crippen molar-refractivity contribution in [2.24, 2.45) is 0 Å². The van der Waals surface area contributed by atoms with Crippen LogP contribution in [0.25, 0.3) is 0 Å². The van der Waals surface area contributed by atoms with Gasteiger partial charge in [-0.05, 0) is 13.8 Å². The molecule has 0 nitrogen and oxygen atoms in total. The Labute approximate surface area is 184 Å². The van der Waals surface area contributed by atoms with E-state index in [4.69, 9.17) is 0 Å². The third-order valence-electron chi connectivity index (χ3n) is 5.21. The second-order valence-corrected chi connectivity index (χ2v) is 13.1. The van der Waals surface area contributed by atoms with Gasteiger partial charge >= 0.3 is 165 Å². The van der Waals surface area contributed by atoms with E-state index in [1.807, 2.05) is 0 Å². The van der Waals surface area contributed by atoms with E-state index in [-0.39, 0.29) is 15.4 Å². The normalized spacial score (nSPS) is 11.3. The van der Waals surface area contributed by atoms with Crippen LogP contribution in [0.5, 0.6) is 0 Å². The number of rotatable bonds is 7. The van der Waals surface area contributed by atoms with Crippen LogP contribution in [0.15, 0.2) is 54.6 Å². The Hall–Kier alpha value is -1.80. The molecule has 0 aliphatic carbocycles. The number of aryl methyl sites for hydroxylation is 4. The van der Waals surface area contributed by atoms with E-state index in [0.717, 1.165) is 17.6 Å². The van der Waals surface area contributed by atoms with E-state index in [9.17, 15) is 0 Å². The molecule has 0 aliphatic heterocycles. The van der Waals surface area contributed by atoms with Crippen molar-refractivity contribution in [2.75, 3.05) is 0 Å². The molecule has 150 valence electrons. The summed E-state index contributed by atoms with van der Waals surface area (Å²) in [6.07, 6.45) is 2.04. The number of hydrogen-bond acceptors (Lipinski definition) is 0. The standard InChI is InChI=1S/C28H34Ge/c1-19(2)29-18-28-13-23(6)12-27(17-28)16-26-11-22(5)10-25(15-26)14-24-8-20(3)7-21(4)9-24/h7-13,15,17,19H,14,16,18H2,1-6H3. The van der Waals surface area contributed by atoms with Gasteiger partial charge in [-0.1, -0.05) is 6.07 Å². The van der Waals surface area contributed by atoms with E-state index < -0.39 is 0 Å². The van der Waals surface area contributed by atoms with Crippen LogP contribution in [0.3, 0.4) is 0 Å². The summed E-state index contributed by atoms with van der Waals surface area (Å²) in [6.45, 7) is 13.6. The SMILES string of the molecule is Cc1cc(C)cc(Cc2cc(C)cc(Cc3cc(C)cc([CH2][Ge][CH](C)C)c3)c2)c1. The Morgan fingerprint density at radius 1 is 0.517 bits per heavy atom. The van der Waals surface area contributed by atoms with Gasteiger partial charge in [-0.25, -0.2) is 0 Å². The van der Waals surface area contributed by atoms with Crippen molar-refractivity contribution >= 4 is 15.4 Å². The van der Waals surface area contributed by atoms with Crippen LogP contribution >= 0.6 is 0 Å². The van der Waals surface area contributed by atoms with Crippen molar-refractivity contribution < 1.29 is 0 Å². The monoisotopic (exact) mass is 444 g/mol. The third kappa shape index (κ3) is 6.89. The fourth-order valence-corrected chi connectivity index (χ4v) is 6.05. The van der Waals surface area contributed by atoms with Gasteiger partial charge in [0.05, 0.1) is 0 Å².